The molecular formula is C17H19Cl2NO. The van der Waals surface area contributed by atoms with Crippen molar-refractivity contribution in [2.24, 2.45) is 0 Å². The lowest BCUT2D eigenvalue weighted by Crippen LogP contribution is -2.14. The molecular weight excluding hydrogens is 305 g/mol. The van der Waals surface area contributed by atoms with Gasteiger partial charge in [0.1, 0.15) is 5.75 Å². The molecule has 0 bridgehead atoms. The van der Waals surface area contributed by atoms with E-state index >= 15 is 0 Å². The highest BCUT2D eigenvalue weighted by Crippen LogP contribution is 2.33. The maximum Gasteiger partial charge on any atom is 0.138 e. The zero-order chi connectivity index (χ0) is 15.2. The predicted octanol–water partition coefficient (Wildman–Crippen LogP) is 5.17. The van der Waals surface area contributed by atoms with Crippen LogP contribution in [0.25, 0.3) is 11.1 Å². The lowest BCUT2D eigenvalue weighted by molar-refractivity contribution is 0.415. The van der Waals surface area contributed by atoms with Crippen molar-refractivity contribution in [3.05, 3.63) is 52.0 Å². The molecule has 0 aromatic heterocycles. The minimum absolute atomic E-state index is 0.605. The van der Waals surface area contributed by atoms with Crippen molar-refractivity contribution in [2.45, 2.75) is 19.9 Å². The number of benzene rings is 2. The van der Waals surface area contributed by atoms with Crippen LogP contribution in [0.5, 0.6) is 5.75 Å². The molecule has 0 amide bonds. The van der Waals surface area contributed by atoms with Crippen molar-refractivity contribution < 1.29 is 4.74 Å². The van der Waals surface area contributed by atoms with E-state index in [0.717, 1.165) is 35.7 Å². The first-order chi connectivity index (χ1) is 10.2. The van der Waals surface area contributed by atoms with E-state index in [1.165, 1.54) is 5.56 Å². The van der Waals surface area contributed by atoms with E-state index in [4.69, 9.17) is 27.9 Å². The standard InChI is InChI=1S/C17H19Cl2NO/c1-3-8-20-11-13-4-6-14(18)10-15(13)12-5-7-16(19)17(9-12)21-2/h4-7,9-10,20H,3,8,11H2,1-2H3. The number of ether oxygens (including phenoxy) is 1. The Morgan fingerprint density at radius 2 is 1.90 bits per heavy atom. The smallest absolute Gasteiger partial charge is 0.138 e. The first kappa shape index (κ1) is 16.2. The summed E-state index contributed by atoms with van der Waals surface area (Å²) in [4.78, 5) is 0. The Hall–Kier alpha value is -1.22. The molecule has 0 radical (unpaired) electrons. The van der Waals surface area contributed by atoms with Gasteiger partial charge < -0.3 is 10.1 Å². The molecule has 2 nitrogen and oxygen atoms in total. The number of methoxy groups -OCH3 is 1. The Morgan fingerprint density at radius 3 is 2.62 bits per heavy atom. The van der Waals surface area contributed by atoms with Crippen LogP contribution in [0.15, 0.2) is 36.4 Å². The lowest BCUT2D eigenvalue weighted by atomic mass is 9.99. The minimum Gasteiger partial charge on any atom is -0.495 e. The second kappa shape index (κ2) is 7.69. The fourth-order valence-corrected chi connectivity index (χ4v) is 2.57. The molecule has 0 unspecified atom stereocenters. The van der Waals surface area contributed by atoms with Crippen LogP contribution in [0.1, 0.15) is 18.9 Å². The highest BCUT2D eigenvalue weighted by Gasteiger charge is 2.09. The molecule has 4 heteroatoms. The maximum absolute atomic E-state index is 6.16. The molecule has 21 heavy (non-hydrogen) atoms. The molecule has 2 aromatic rings. The van der Waals surface area contributed by atoms with Crippen molar-refractivity contribution in [3.63, 3.8) is 0 Å². The number of rotatable bonds is 6. The van der Waals surface area contributed by atoms with Crippen molar-refractivity contribution in [1.29, 1.82) is 0 Å². The van der Waals surface area contributed by atoms with Gasteiger partial charge in [-0.2, -0.15) is 0 Å². The predicted molar refractivity (Wildman–Crippen MR) is 90.4 cm³/mol. The Kier molecular flexibility index (Phi) is 5.92. The van der Waals surface area contributed by atoms with Gasteiger partial charge in [-0.25, -0.2) is 0 Å². The summed E-state index contributed by atoms with van der Waals surface area (Å²) < 4.78 is 5.30. The molecule has 0 fully saturated rings. The summed E-state index contributed by atoms with van der Waals surface area (Å²) in [5.74, 6) is 0.668. The van der Waals surface area contributed by atoms with Gasteiger partial charge in [-0.05, 0) is 53.9 Å². The average Bonchev–Trinajstić information content (AvgIpc) is 2.49. The molecule has 0 atom stereocenters. The Labute approximate surface area is 136 Å². The van der Waals surface area contributed by atoms with Gasteiger partial charge in [-0.15, -0.1) is 0 Å². The topological polar surface area (TPSA) is 21.3 Å². The fourth-order valence-electron chi connectivity index (χ4n) is 2.20. The highest BCUT2D eigenvalue weighted by molar-refractivity contribution is 6.32. The summed E-state index contributed by atoms with van der Waals surface area (Å²) in [6.07, 6.45) is 1.11. The number of nitrogens with one attached hydrogen (secondary N) is 1. The van der Waals surface area contributed by atoms with Gasteiger partial charge in [0.2, 0.25) is 0 Å². The van der Waals surface area contributed by atoms with Crippen LogP contribution in [0.3, 0.4) is 0 Å². The molecule has 112 valence electrons. The van der Waals surface area contributed by atoms with Crippen molar-refractivity contribution in [1.82, 2.24) is 5.32 Å². The van der Waals surface area contributed by atoms with Crippen LogP contribution in [-0.4, -0.2) is 13.7 Å². The summed E-state index contributed by atoms with van der Waals surface area (Å²) in [7, 11) is 1.62. The molecule has 0 saturated carbocycles. The van der Waals surface area contributed by atoms with E-state index in [2.05, 4.69) is 18.3 Å². The largest absolute Gasteiger partial charge is 0.495 e. The summed E-state index contributed by atoms with van der Waals surface area (Å²) in [5, 5.41) is 4.75. The molecule has 0 saturated heterocycles. The molecule has 1 N–H and O–H groups in total. The second-order valence-electron chi connectivity index (χ2n) is 4.83. The van der Waals surface area contributed by atoms with Gasteiger partial charge in [0.05, 0.1) is 12.1 Å². The zero-order valence-corrected chi connectivity index (χ0v) is 13.8. The zero-order valence-electron chi connectivity index (χ0n) is 12.2. The summed E-state index contributed by atoms with van der Waals surface area (Å²) >= 11 is 12.2. The van der Waals surface area contributed by atoms with Crippen LogP contribution in [0.2, 0.25) is 10.0 Å². The van der Waals surface area contributed by atoms with E-state index in [0.29, 0.717) is 10.8 Å². The lowest BCUT2D eigenvalue weighted by Gasteiger charge is -2.13. The molecule has 0 aliphatic heterocycles. The SMILES string of the molecule is CCCNCc1ccc(Cl)cc1-c1ccc(Cl)c(OC)c1. The van der Waals surface area contributed by atoms with E-state index in [-0.39, 0.29) is 0 Å². The molecule has 2 rings (SSSR count). The van der Waals surface area contributed by atoms with Crippen LogP contribution in [-0.2, 0) is 6.54 Å². The number of hydrogen-bond donors (Lipinski definition) is 1. The van der Waals surface area contributed by atoms with Gasteiger partial charge in [0.25, 0.3) is 0 Å². The van der Waals surface area contributed by atoms with Gasteiger partial charge in [0, 0.05) is 11.6 Å². The third-order valence-corrected chi connectivity index (χ3v) is 3.82. The van der Waals surface area contributed by atoms with Gasteiger partial charge in [-0.1, -0.05) is 42.3 Å². The number of hydrogen-bond acceptors (Lipinski definition) is 2. The molecule has 0 aliphatic rings. The molecule has 0 spiro atoms. The Bertz CT molecular complexity index is 614. The van der Waals surface area contributed by atoms with Crippen LogP contribution >= 0.6 is 23.2 Å². The summed E-state index contributed by atoms with van der Waals surface area (Å²) in [5.41, 5.74) is 3.35. The number of halogens is 2. The van der Waals surface area contributed by atoms with E-state index in [1.807, 2.05) is 30.3 Å². The van der Waals surface area contributed by atoms with Gasteiger partial charge in [0.15, 0.2) is 0 Å². The Morgan fingerprint density at radius 1 is 1.10 bits per heavy atom. The van der Waals surface area contributed by atoms with Crippen LogP contribution < -0.4 is 10.1 Å². The Balaban J connectivity index is 2.39. The average molecular weight is 324 g/mol. The molecule has 2 aromatic carbocycles. The van der Waals surface area contributed by atoms with Gasteiger partial charge in [-0.3, -0.25) is 0 Å². The van der Waals surface area contributed by atoms with Crippen molar-refractivity contribution in [3.8, 4) is 16.9 Å². The first-order valence-corrected chi connectivity index (χ1v) is 7.74. The maximum atomic E-state index is 6.16. The van der Waals surface area contributed by atoms with E-state index in [9.17, 15) is 0 Å². The second-order valence-corrected chi connectivity index (χ2v) is 5.67. The third-order valence-electron chi connectivity index (χ3n) is 3.28. The highest BCUT2D eigenvalue weighted by atomic mass is 35.5. The fraction of sp³-hybridized carbons (Fsp3) is 0.294. The minimum atomic E-state index is 0.605. The van der Waals surface area contributed by atoms with Crippen molar-refractivity contribution in [2.75, 3.05) is 13.7 Å². The van der Waals surface area contributed by atoms with E-state index in [1.54, 1.807) is 7.11 Å². The van der Waals surface area contributed by atoms with Crippen molar-refractivity contribution >= 4 is 23.2 Å². The van der Waals surface area contributed by atoms with E-state index < -0.39 is 0 Å². The monoisotopic (exact) mass is 323 g/mol. The quantitative estimate of drug-likeness (QED) is 0.740. The summed E-state index contributed by atoms with van der Waals surface area (Å²) in [6.45, 7) is 3.96. The van der Waals surface area contributed by atoms with Crippen LogP contribution in [0.4, 0.5) is 0 Å². The molecule has 0 aliphatic carbocycles. The first-order valence-electron chi connectivity index (χ1n) is 6.98. The van der Waals surface area contributed by atoms with Gasteiger partial charge >= 0.3 is 0 Å². The third kappa shape index (κ3) is 4.13. The molecule has 0 heterocycles. The summed E-state index contributed by atoms with van der Waals surface area (Å²) in [6, 6.07) is 11.7. The van der Waals surface area contributed by atoms with Crippen LogP contribution in [0, 0.1) is 0 Å². The normalized spacial score (nSPS) is 10.7.